The van der Waals surface area contributed by atoms with E-state index in [0.717, 1.165) is 5.56 Å². The average molecular weight is 342 g/mol. The highest BCUT2D eigenvalue weighted by atomic mass is 16.5. The SMILES string of the molecule is C=C(C(=O)Oc1ccc(Cc2nnn(C(C)(C)C)n2)cc1)C(C)(C)C. The molecular formula is C19H26N4O2. The molecule has 2 rings (SSSR count). The van der Waals surface area contributed by atoms with Crippen LogP contribution >= 0.6 is 0 Å². The number of aromatic nitrogens is 4. The van der Waals surface area contributed by atoms with E-state index >= 15 is 0 Å². The van der Waals surface area contributed by atoms with Crippen LogP contribution in [0.15, 0.2) is 36.4 Å². The molecule has 0 spiro atoms. The highest BCUT2D eigenvalue weighted by Gasteiger charge is 2.23. The summed E-state index contributed by atoms with van der Waals surface area (Å²) in [5.41, 5.74) is 0.947. The first-order valence-electron chi connectivity index (χ1n) is 8.27. The van der Waals surface area contributed by atoms with Crippen LogP contribution in [0, 0.1) is 5.41 Å². The summed E-state index contributed by atoms with van der Waals surface area (Å²) < 4.78 is 5.37. The van der Waals surface area contributed by atoms with Gasteiger partial charge in [-0.1, -0.05) is 39.5 Å². The van der Waals surface area contributed by atoms with Crippen LogP contribution in [0.1, 0.15) is 52.9 Å². The minimum Gasteiger partial charge on any atom is -0.423 e. The van der Waals surface area contributed by atoms with Gasteiger partial charge in [0.15, 0.2) is 5.82 Å². The minimum absolute atomic E-state index is 0.196. The molecule has 0 radical (unpaired) electrons. The molecule has 1 heterocycles. The van der Waals surface area contributed by atoms with Crippen LogP contribution in [-0.2, 0) is 16.8 Å². The normalized spacial score (nSPS) is 12.1. The van der Waals surface area contributed by atoms with E-state index in [1.165, 1.54) is 0 Å². The lowest BCUT2D eigenvalue weighted by molar-refractivity contribution is -0.131. The fraction of sp³-hybridized carbons (Fsp3) is 0.474. The lowest BCUT2D eigenvalue weighted by Gasteiger charge is -2.19. The zero-order valence-electron chi connectivity index (χ0n) is 15.8. The standard InChI is InChI=1S/C19H26N4O2/c1-13(18(2,3)4)17(24)25-15-10-8-14(9-11-15)12-16-20-22-23(21-16)19(5,6)7/h8-11H,1,12H2,2-7H3. The molecule has 0 fully saturated rings. The number of hydrogen-bond donors (Lipinski definition) is 0. The van der Waals surface area contributed by atoms with Gasteiger partial charge in [-0.05, 0) is 49.1 Å². The predicted octanol–water partition coefficient (Wildman–Crippen LogP) is 3.53. The molecule has 0 N–H and O–H groups in total. The van der Waals surface area contributed by atoms with Gasteiger partial charge in [0, 0.05) is 12.0 Å². The van der Waals surface area contributed by atoms with Crippen LogP contribution < -0.4 is 4.74 Å². The highest BCUT2D eigenvalue weighted by molar-refractivity contribution is 5.90. The van der Waals surface area contributed by atoms with Crippen LogP contribution in [-0.4, -0.2) is 26.2 Å². The summed E-state index contributed by atoms with van der Waals surface area (Å²) >= 11 is 0. The lowest BCUT2D eigenvalue weighted by Crippen LogP contribution is -2.24. The van der Waals surface area contributed by atoms with Crippen molar-refractivity contribution in [2.24, 2.45) is 5.41 Å². The van der Waals surface area contributed by atoms with E-state index < -0.39 is 5.97 Å². The van der Waals surface area contributed by atoms with Gasteiger partial charge in [-0.15, -0.1) is 10.2 Å². The predicted molar refractivity (Wildman–Crippen MR) is 96.3 cm³/mol. The third-order valence-electron chi connectivity index (χ3n) is 3.70. The number of benzene rings is 1. The molecule has 2 aromatic rings. The number of carbonyl (C=O) groups excluding carboxylic acids is 1. The maximum absolute atomic E-state index is 12.1. The van der Waals surface area contributed by atoms with Gasteiger partial charge in [0.25, 0.3) is 0 Å². The van der Waals surface area contributed by atoms with Crippen LogP contribution in [0.25, 0.3) is 0 Å². The Hall–Kier alpha value is -2.50. The Morgan fingerprint density at radius 3 is 2.20 bits per heavy atom. The molecule has 0 unspecified atom stereocenters. The number of nitrogens with zero attached hydrogens (tertiary/aromatic N) is 4. The summed E-state index contributed by atoms with van der Waals surface area (Å²) in [4.78, 5) is 13.7. The molecular weight excluding hydrogens is 316 g/mol. The quantitative estimate of drug-likeness (QED) is 0.483. The Labute approximate surface area is 148 Å². The largest absolute Gasteiger partial charge is 0.423 e. The second kappa shape index (κ2) is 6.78. The topological polar surface area (TPSA) is 69.9 Å². The summed E-state index contributed by atoms with van der Waals surface area (Å²) in [6.07, 6.45) is 0.568. The zero-order chi connectivity index (χ0) is 18.8. The van der Waals surface area contributed by atoms with Crippen molar-refractivity contribution >= 4 is 5.97 Å². The Morgan fingerprint density at radius 2 is 1.72 bits per heavy atom. The van der Waals surface area contributed by atoms with Crippen molar-refractivity contribution in [2.45, 2.75) is 53.5 Å². The third kappa shape index (κ3) is 4.98. The number of tetrazole rings is 1. The molecule has 1 aromatic heterocycles. The molecule has 0 aliphatic rings. The summed E-state index contributed by atoms with van der Waals surface area (Å²) in [5, 5.41) is 12.6. The van der Waals surface area contributed by atoms with Crippen LogP contribution in [0.2, 0.25) is 0 Å². The average Bonchev–Trinajstić information content (AvgIpc) is 2.96. The van der Waals surface area contributed by atoms with Crippen LogP contribution in [0.3, 0.4) is 0 Å². The Kier molecular flexibility index (Phi) is 5.11. The molecule has 6 heteroatoms. The first-order chi connectivity index (χ1) is 11.5. The first kappa shape index (κ1) is 18.8. The maximum atomic E-state index is 12.1. The maximum Gasteiger partial charge on any atom is 0.339 e. The van der Waals surface area contributed by atoms with Gasteiger partial charge in [-0.25, -0.2) is 4.79 Å². The zero-order valence-corrected chi connectivity index (χ0v) is 15.8. The molecule has 1 aromatic carbocycles. The van der Waals surface area contributed by atoms with E-state index in [1.54, 1.807) is 16.9 Å². The molecule has 0 bridgehead atoms. The first-order valence-corrected chi connectivity index (χ1v) is 8.27. The van der Waals surface area contributed by atoms with Gasteiger partial charge in [0.2, 0.25) is 0 Å². The van der Waals surface area contributed by atoms with Gasteiger partial charge in [-0.2, -0.15) is 4.80 Å². The number of carbonyl (C=O) groups is 1. The molecule has 6 nitrogen and oxygen atoms in total. The van der Waals surface area contributed by atoms with E-state index in [9.17, 15) is 4.79 Å². The number of hydrogen-bond acceptors (Lipinski definition) is 5. The van der Waals surface area contributed by atoms with Crippen molar-refractivity contribution in [1.29, 1.82) is 0 Å². The number of esters is 1. The van der Waals surface area contributed by atoms with Crippen LogP contribution in [0.4, 0.5) is 0 Å². The van der Waals surface area contributed by atoms with Crippen molar-refractivity contribution in [3.05, 3.63) is 47.8 Å². The van der Waals surface area contributed by atoms with Crippen molar-refractivity contribution in [1.82, 2.24) is 20.2 Å². The van der Waals surface area contributed by atoms with E-state index in [0.29, 0.717) is 23.6 Å². The molecule has 0 saturated carbocycles. The van der Waals surface area contributed by atoms with Crippen LogP contribution in [0.5, 0.6) is 5.75 Å². The van der Waals surface area contributed by atoms with Crippen molar-refractivity contribution in [3.63, 3.8) is 0 Å². The molecule has 25 heavy (non-hydrogen) atoms. The smallest absolute Gasteiger partial charge is 0.339 e. The molecule has 0 atom stereocenters. The van der Waals surface area contributed by atoms with Crippen molar-refractivity contribution in [2.75, 3.05) is 0 Å². The number of ether oxygens (including phenoxy) is 1. The van der Waals surface area contributed by atoms with Gasteiger partial charge in [0.1, 0.15) is 5.75 Å². The summed E-state index contributed by atoms with van der Waals surface area (Å²) in [6, 6.07) is 7.30. The lowest BCUT2D eigenvalue weighted by atomic mass is 9.88. The third-order valence-corrected chi connectivity index (χ3v) is 3.70. The van der Waals surface area contributed by atoms with Gasteiger partial charge >= 0.3 is 5.97 Å². The monoisotopic (exact) mass is 342 g/mol. The Bertz CT molecular complexity index is 762. The molecule has 0 aliphatic heterocycles. The van der Waals surface area contributed by atoms with Gasteiger partial charge < -0.3 is 4.74 Å². The summed E-state index contributed by atoms with van der Waals surface area (Å²) in [7, 11) is 0. The van der Waals surface area contributed by atoms with E-state index in [1.807, 2.05) is 53.7 Å². The molecule has 0 saturated heterocycles. The second-order valence-electron chi connectivity index (χ2n) is 8.10. The van der Waals surface area contributed by atoms with E-state index in [4.69, 9.17) is 4.74 Å². The molecule has 0 amide bonds. The van der Waals surface area contributed by atoms with Crippen molar-refractivity contribution < 1.29 is 9.53 Å². The Balaban J connectivity index is 2.02. The van der Waals surface area contributed by atoms with E-state index in [-0.39, 0.29) is 11.0 Å². The summed E-state index contributed by atoms with van der Waals surface area (Å²) in [5.74, 6) is 0.737. The highest BCUT2D eigenvalue weighted by Crippen LogP contribution is 2.25. The second-order valence-corrected chi connectivity index (χ2v) is 8.10. The minimum atomic E-state index is -0.407. The fourth-order valence-electron chi connectivity index (χ4n) is 1.93. The molecule has 134 valence electrons. The Morgan fingerprint density at radius 1 is 1.12 bits per heavy atom. The molecule has 0 aliphatic carbocycles. The van der Waals surface area contributed by atoms with Crippen molar-refractivity contribution in [3.8, 4) is 5.75 Å². The fourth-order valence-corrected chi connectivity index (χ4v) is 1.93. The van der Waals surface area contributed by atoms with Gasteiger partial charge in [0.05, 0.1) is 5.54 Å². The van der Waals surface area contributed by atoms with Gasteiger partial charge in [-0.3, -0.25) is 0 Å². The summed E-state index contributed by atoms with van der Waals surface area (Å²) in [6.45, 7) is 15.7. The number of rotatable bonds is 4. The van der Waals surface area contributed by atoms with E-state index in [2.05, 4.69) is 22.0 Å².